The Morgan fingerprint density at radius 3 is 2.33 bits per heavy atom. The second-order valence-electron chi connectivity index (χ2n) is 3.93. The molecular weight excluding hydrogens is 229 g/mol. The van der Waals surface area contributed by atoms with Crippen molar-refractivity contribution in [3.8, 4) is 0 Å². The highest BCUT2D eigenvalue weighted by atomic mass is 35.5. The van der Waals surface area contributed by atoms with Crippen molar-refractivity contribution in [2.75, 3.05) is 13.2 Å². The number of alkyl halides is 4. The Labute approximate surface area is 93.9 Å². The molecule has 0 aliphatic rings. The van der Waals surface area contributed by atoms with Crippen LogP contribution in [-0.2, 0) is 4.74 Å². The standard InChI is InChI=1S/C10H18ClF3O/c1-8(6-9(2)11)4-3-5-15-7-10(12,13)14/h8-9H,3-7H2,1-2H3. The van der Waals surface area contributed by atoms with E-state index in [9.17, 15) is 13.2 Å². The molecule has 0 amide bonds. The van der Waals surface area contributed by atoms with Crippen molar-refractivity contribution in [1.82, 2.24) is 0 Å². The highest BCUT2D eigenvalue weighted by Crippen LogP contribution is 2.17. The molecule has 2 atom stereocenters. The molecule has 0 spiro atoms. The third-order valence-corrected chi connectivity index (χ3v) is 2.16. The number of halogens is 4. The van der Waals surface area contributed by atoms with E-state index in [-0.39, 0.29) is 12.0 Å². The fourth-order valence-corrected chi connectivity index (χ4v) is 1.70. The van der Waals surface area contributed by atoms with Crippen molar-refractivity contribution < 1.29 is 17.9 Å². The lowest BCUT2D eigenvalue weighted by molar-refractivity contribution is -0.174. The minimum atomic E-state index is -4.21. The van der Waals surface area contributed by atoms with Crippen LogP contribution in [0.15, 0.2) is 0 Å². The summed E-state index contributed by atoms with van der Waals surface area (Å²) >= 11 is 5.79. The Morgan fingerprint density at radius 2 is 1.87 bits per heavy atom. The van der Waals surface area contributed by atoms with Crippen LogP contribution in [0.4, 0.5) is 13.2 Å². The summed E-state index contributed by atoms with van der Waals surface area (Å²) in [5.74, 6) is 0.437. The second kappa shape index (κ2) is 7.34. The molecule has 0 saturated heterocycles. The van der Waals surface area contributed by atoms with E-state index >= 15 is 0 Å². The summed E-state index contributed by atoms with van der Waals surface area (Å²) in [5.41, 5.74) is 0. The van der Waals surface area contributed by atoms with Crippen LogP contribution in [0.1, 0.15) is 33.1 Å². The number of ether oxygens (including phenoxy) is 1. The first kappa shape index (κ1) is 15.0. The Kier molecular flexibility index (Phi) is 7.36. The lowest BCUT2D eigenvalue weighted by Crippen LogP contribution is -2.17. The summed E-state index contributed by atoms with van der Waals surface area (Å²) in [6.45, 7) is 2.98. The molecule has 0 fully saturated rings. The second-order valence-corrected chi connectivity index (χ2v) is 4.68. The van der Waals surface area contributed by atoms with E-state index in [2.05, 4.69) is 4.74 Å². The van der Waals surface area contributed by atoms with Crippen LogP contribution in [0, 0.1) is 5.92 Å². The van der Waals surface area contributed by atoms with Gasteiger partial charge >= 0.3 is 6.18 Å². The van der Waals surface area contributed by atoms with Gasteiger partial charge in [0.05, 0.1) is 0 Å². The van der Waals surface area contributed by atoms with Crippen molar-refractivity contribution in [3.63, 3.8) is 0 Å². The zero-order chi connectivity index (χ0) is 11.9. The highest BCUT2D eigenvalue weighted by molar-refractivity contribution is 6.20. The topological polar surface area (TPSA) is 9.23 Å². The first-order valence-electron chi connectivity index (χ1n) is 5.10. The average molecular weight is 247 g/mol. The van der Waals surface area contributed by atoms with E-state index in [0.29, 0.717) is 12.3 Å². The molecule has 0 aliphatic carbocycles. The molecule has 0 aromatic rings. The highest BCUT2D eigenvalue weighted by Gasteiger charge is 2.27. The Hall–Kier alpha value is 0.0400. The molecular formula is C10H18ClF3O. The van der Waals surface area contributed by atoms with E-state index in [1.54, 1.807) is 0 Å². The maximum Gasteiger partial charge on any atom is 0.411 e. The molecule has 0 bridgehead atoms. The summed E-state index contributed by atoms with van der Waals surface area (Å²) in [5, 5.41) is 0.121. The molecule has 92 valence electrons. The zero-order valence-electron chi connectivity index (χ0n) is 9.11. The van der Waals surface area contributed by atoms with Crippen molar-refractivity contribution in [1.29, 1.82) is 0 Å². The third kappa shape index (κ3) is 12.0. The lowest BCUT2D eigenvalue weighted by Gasteiger charge is -2.13. The predicted octanol–water partition coefficient (Wildman–Crippen LogP) is 4.00. The summed E-state index contributed by atoms with van der Waals surface area (Å²) in [4.78, 5) is 0. The van der Waals surface area contributed by atoms with Gasteiger partial charge in [0, 0.05) is 12.0 Å². The van der Waals surface area contributed by atoms with Gasteiger partial charge in [0.25, 0.3) is 0 Å². The maximum absolute atomic E-state index is 11.7. The van der Waals surface area contributed by atoms with Crippen LogP contribution < -0.4 is 0 Å². The molecule has 2 unspecified atom stereocenters. The summed E-state index contributed by atoms with van der Waals surface area (Å²) in [6, 6.07) is 0. The van der Waals surface area contributed by atoms with Gasteiger partial charge < -0.3 is 4.74 Å². The number of hydrogen-bond acceptors (Lipinski definition) is 1. The molecule has 1 nitrogen and oxygen atoms in total. The van der Waals surface area contributed by atoms with Gasteiger partial charge in [-0.1, -0.05) is 6.92 Å². The molecule has 0 rings (SSSR count). The minimum absolute atomic E-state index is 0.121. The van der Waals surface area contributed by atoms with Crippen molar-refractivity contribution in [2.24, 2.45) is 5.92 Å². The van der Waals surface area contributed by atoms with Gasteiger partial charge in [0.15, 0.2) is 0 Å². The van der Waals surface area contributed by atoms with E-state index in [1.165, 1.54) is 0 Å². The first-order valence-corrected chi connectivity index (χ1v) is 5.53. The van der Waals surface area contributed by atoms with Crippen molar-refractivity contribution >= 4 is 11.6 Å². The normalized spacial score (nSPS) is 16.4. The molecule has 0 N–H and O–H groups in total. The molecule has 15 heavy (non-hydrogen) atoms. The predicted molar refractivity (Wildman–Crippen MR) is 55.2 cm³/mol. The van der Waals surface area contributed by atoms with Crippen molar-refractivity contribution in [2.45, 2.75) is 44.7 Å². The lowest BCUT2D eigenvalue weighted by atomic mass is 10.0. The minimum Gasteiger partial charge on any atom is -0.372 e. The number of hydrogen-bond donors (Lipinski definition) is 0. The molecule has 0 aromatic carbocycles. The van der Waals surface area contributed by atoms with Crippen LogP contribution in [0.2, 0.25) is 0 Å². The smallest absolute Gasteiger partial charge is 0.372 e. The fraction of sp³-hybridized carbons (Fsp3) is 1.00. The van der Waals surface area contributed by atoms with Gasteiger partial charge in [-0.05, 0) is 32.1 Å². The summed E-state index contributed by atoms with van der Waals surface area (Å²) in [7, 11) is 0. The Bertz CT molecular complexity index is 159. The van der Waals surface area contributed by atoms with E-state index in [1.807, 2.05) is 13.8 Å². The van der Waals surface area contributed by atoms with Crippen LogP contribution in [-0.4, -0.2) is 24.8 Å². The fourth-order valence-electron chi connectivity index (χ4n) is 1.39. The Balaban J connectivity index is 3.31. The van der Waals surface area contributed by atoms with Gasteiger partial charge in [0.2, 0.25) is 0 Å². The maximum atomic E-state index is 11.7. The molecule has 0 radical (unpaired) electrons. The van der Waals surface area contributed by atoms with Gasteiger partial charge in [-0.3, -0.25) is 0 Å². The van der Waals surface area contributed by atoms with Gasteiger partial charge in [-0.15, -0.1) is 11.6 Å². The summed E-state index contributed by atoms with van der Waals surface area (Å²) < 4.78 is 39.5. The average Bonchev–Trinajstić information content (AvgIpc) is 1.99. The summed E-state index contributed by atoms with van der Waals surface area (Å²) in [6.07, 6.45) is -1.81. The van der Waals surface area contributed by atoms with Gasteiger partial charge in [0.1, 0.15) is 6.61 Å². The molecule has 0 heterocycles. The molecule has 5 heteroatoms. The SMILES string of the molecule is CC(Cl)CC(C)CCCOCC(F)(F)F. The first-order chi connectivity index (χ1) is 6.81. The largest absolute Gasteiger partial charge is 0.411 e. The third-order valence-electron chi connectivity index (χ3n) is 1.98. The van der Waals surface area contributed by atoms with Crippen LogP contribution in [0.5, 0.6) is 0 Å². The zero-order valence-corrected chi connectivity index (χ0v) is 9.87. The molecule has 0 saturated carbocycles. The van der Waals surface area contributed by atoms with Crippen LogP contribution >= 0.6 is 11.6 Å². The van der Waals surface area contributed by atoms with Crippen molar-refractivity contribution in [3.05, 3.63) is 0 Å². The van der Waals surface area contributed by atoms with E-state index in [0.717, 1.165) is 12.8 Å². The molecule has 0 aliphatic heterocycles. The van der Waals surface area contributed by atoms with Crippen LogP contribution in [0.3, 0.4) is 0 Å². The van der Waals surface area contributed by atoms with Gasteiger partial charge in [-0.25, -0.2) is 0 Å². The molecule has 0 aromatic heterocycles. The van der Waals surface area contributed by atoms with Gasteiger partial charge in [-0.2, -0.15) is 13.2 Å². The van der Waals surface area contributed by atoms with E-state index < -0.39 is 12.8 Å². The van der Waals surface area contributed by atoms with E-state index in [4.69, 9.17) is 11.6 Å². The Morgan fingerprint density at radius 1 is 1.27 bits per heavy atom. The van der Waals surface area contributed by atoms with Crippen LogP contribution in [0.25, 0.3) is 0 Å². The monoisotopic (exact) mass is 246 g/mol. The number of rotatable bonds is 7. The quantitative estimate of drug-likeness (QED) is 0.487.